The van der Waals surface area contributed by atoms with E-state index >= 15 is 0 Å². The van der Waals surface area contributed by atoms with Crippen LogP contribution in [0.4, 0.5) is 0 Å². The molecule has 0 aliphatic carbocycles. The fourth-order valence-electron chi connectivity index (χ4n) is 3.43. The van der Waals surface area contributed by atoms with Crippen molar-refractivity contribution in [1.82, 2.24) is 14.0 Å². The third-order valence-electron chi connectivity index (χ3n) is 4.85. The number of nitrogens with zero attached hydrogens (tertiary/aromatic N) is 3. The van der Waals surface area contributed by atoms with Crippen molar-refractivity contribution in [3.63, 3.8) is 0 Å². The van der Waals surface area contributed by atoms with Crippen LogP contribution in [0.5, 0.6) is 5.75 Å². The number of fused-ring (bicyclic) bond motifs is 1. The molecular formula is C22H27N3O3. The highest BCUT2D eigenvalue weighted by Crippen LogP contribution is 2.16. The molecule has 3 aromatic rings. The van der Waals surface area contributed by atoms with Crippen LogP contribution in [0.25, 0.3) is 11.0 Å². The highest BCUT2D eigenvalue weighted by Gasteiger charge is 2.16. The number of aryl methyl sites for hydroxylation is 3. The molecule has 0 aliphatic rings. The van der Waals surface area contributed by atoms with E-state index in [1.807, 2.05) is 57.2 Å². The summed E-state index contributed by atoms with van der Waals surface area (Å²) >= 11 is 0. The van der Waals surface area contributed by atoms with Crippen LogP contribution in [-0.2, 0) is 17.9 Å². The van der Waals surface area contributed by atoms with Crippen LogP contribution in [-0.4, -0.2) is 40.1 Å². The van der Waals surface area contributed by atoms with Crippen LogP contribution < -0.4 is 10.4 Å². The Morgan fingerprint density at radius 2 is 1.64 bits per heavy atom. The van der Waals surface area contributed by atoms with Gasteiger partial charge in [0.2, 0.25) is 5.91 Å². The fraction of sp³-hybridized carbons (Fsp3) is 0.364. The lowest BCUT2D eigenvalue weighted by molar-refractivity contribution is -0.130. The van der Waals surface area contributed by atoms with Crippen LogP contribution in [0.1, 0.15) is 18.1 Å². The van der Waals surface area contributed by atoms with Gasteiger partial charge in [-0.05, 0) is 56.2 Å². The van der Waals surface area contributed by atoms with Crippen LogP contribution in [0, 0.1) is 13.8 Å². The van der Waals surface area contributed by atoms with Crippen molar-refractivity contribution in [2.45, 2.75) is 33.9 Å². The number of rotatable bonds is 7. The molecule has 0 bridgehead atoms. The minimum Gasteiger partial charge on any atom is -0.492 e. The Bertz CT molecular complexity index is 1030. The Labute approximate surface area is 164 Å². The molecule has 0 atom stereocenters. The normalized spacial score (nSPS) is 11.0. The molecule has 6 heteroatoms. The SMILES string of the molecule is CCn1c(=O)n(CC(=O)N(C)CCOc2cc(C)cc(C)c2)c2ccccc21. The molecule has 0 saturated carbocycles. The number of hydrogen-bond acceptors (Lipinski definition) is 3. The van der Waals surface area contributed by atoms with Crippen molar-refractivity contribution in [2.24, 2.45) is 0 Å². The van der Waals surface area contributed by atoms with Gasteiger partial charge < -0.3 is 9.64 Å². The molecule has 1 aromatic heterocycles. The zero-order valence-corrected chi connectivity index (χ0v) is 16.9. The summed E-state index contributed by atoms with van der Waals surface area (Å²) in [5.74, 6) is 0.686. The number of hydrogen-bond donors (Lipinski definition) is 0. The van der Waals surface area contributed by atoms with E-state index in [1.54, 1.807) is 21.1 Å². The standard InChI is InChI=1S/C22H27N3O3/c1-5-24-19-8-6-7-9-20(19)25(22(24)27)15-21(26)23(4)10-11-28-18-13-16(2)12-17(3)14-18/h6-9,12-14H,5,10-11,15H2,1-4H3. The number of carbonyl (C=O) groups excluding carboxylic acids is 1. The summed E-state index contributed by atoms with van der Waals surface area (Å²) in [5.41, 5.74) is 3.76. The van der Waals surface area contributed by atoms with E-state index in [-0.39, 0.29) is 18.1 Å². The molecular weight excluding hydrogens is 354 g/mol. The second-order valence-electron chi connectivity index (χ2n) is 7.09. The number of likely N-dealkylation sites (N-methyl/N-ethyl adjacent to an activating group) is 1. The van der Waals surface area contributed by atoms with Gasteiger partial charge in [-0.25, -0.2) is 4.79 Å². The Morgan fingerprint density at radius 1 is 1.04 bits per heavy atom. The summed E-state index contributed by atoms with van der Waals surface area (Å²) < 4.78 is 9.02. The molecule has 2 aromatic carbocycles. The van der Waals surface area contributed by atoms with Crippen molar-refractivity contribution in [3.8, 4) is 5.75 Å². The van der Waals surface area contributed by atoms with E-state index < -0.39 is 0 Å². The van der Waals surface area contributed by atoms with E-state index in [0.29, 0.717) is 19.7 Å². The molecule has 0 radical (unpaired) electrons. The molecule has 6 nitrogen and oxygen atoms in total. The number of para-hydroxylation sites is 2. The van der Waals surface area contributed by atoms with Crippen molar-refractivity contribution < 1.29 is 9.53 Å². The van der Waals surface area contributed by atoms with Gasteiger partial charge >= 0.3 is 5.69 Å². The first kappa shape index (κ1) is 19.7. The Hall–Kier alpha value is -3.02. The number of ether oxygens (including phenoxy) is 1. The van der Waals surface area contributed by atoms with Gasteiger partial charge in [-0.15, -0.1) is 0 Å². The lowest BCUT2D eigenvalue weighted by Crippen LogP contribution is -2.36. The minimum absolute atomic E-state index is 0.0202. The van der Waals surface area contributed by atoms with Gasteiger partial charge in [0.1, 0.15) is 18.9 Å². The molecule has 0 unspecified atom stereocenters. The summed E-state index contributed by atoms with van der Waals surface area (Å²) in [6.45, 7) is 7.42. The highest BCUT2D eigenvalue weighted by atomic mass is 16.5. The van der Waals surface area contributed by atoms with E-state index in [2.05, 4.69) is 6.07 Å². The maximum absolute atomic E-state index is 12.7. The third-order valence-corrected chi connectivity index (χ3v) is 4.85. The second-order valence-corrected chi connectivity index (χ2v) is 7.09. The van der Waals surface area contributed by atoms with Crippen LogP contribution in [0.2, 0.25) is 0 Å². The molecule has 0 fully saturated rings. The monoisotopic (exact) mass is 381 g/mol. The van der Waals surface area contributed by atoms with Gasteiger partial charge in [-0.1, -0.05) is 18.2 Å². The zero-order chi connectivity index (χ0) is 20.3. The first-order chi connectivity index (χ1) is 13.4. The maximum Gasteiger partial charge on any atom is 0.329 e. The predicted molar refractivity (Wildman–Crippen MR) is 111 cm³/mol. The van der Waals surface area contributed by atoms with Gasteiger partial charge in [-0.2, -0.15) is 0 Å². The summed E-state index contributed by atoms with van der Waals surface area (Å²) in [4.78, 5) is 26.9. The van der Waals surface area contributed by atoms with Crippen LogP contribution >= 0.6 is 0 Å². The lowest BCUT2D eigenvalue weighted by Gasteiger charge is -2.18. The second kappa shape index (κ2) is 8.33. The molecule has 1 amide bonds. The van der Waals surface area contributed by atoms with Crippen LogP contribution in [0.15, 0.2) is 47.3 Å². The molecule has 28 heavy (non-hydrogen) atoms. The van der Waals surface area contributed by atoms with E-state index in [9.17, 15) is 9.59 Å². The quantitative estimate of drug-likeness (QED) is 0.632. The first-order valence-electron chi connectivity index (χ1n) is 9.54. The van der Waals surface area contributed by atoms with Gasteiger partial charge in [0.15, 0.2) is 0 Å². The predicted octanol–water partition coefficient (Wildman–Crippen LogP) is 2.98. The molecule has 0 N–H and O–H groups in total. The minimum atomic E-state index is -0.156. The average molecular weight is 381 g/mol. The Kier molecular flexibility index (Phi) is 5.87. The zero-order valence-electron chi connectivity index (χ0n) is 16.9. The molecule has 148 valence electrons. The van der Waals surface area contributed by atoms with Gasteiger partial charge in [0, 0.05) is 13.6 Å². The van der Waals surface area contributed by atoms with Crippen LogP contribution in [0.3, 0.4) is 0 Å². The van der Waals surface area contributed by atoms with Crippen molar-refractivity contribution >= 4 is 16.9 Å². The maximum atomic E-state index is 12.7. The number of benzene rings is 2. The summed E-state index contributed by atoms with van der Waals surface area (Å²) in [6, 6.07) is 13.6. The molecule has 0 spiro atoms. The lowest BCUT2D eigenvalue weighted by atomic mass is 10.1. The van der Waals surface area contributed by atoms with Crippen molar-refractivity contribution in [3.05, 3.63) is 64.1 Å². The topological polar surface area (TPSA) is 56.5 Å². The number of carbonyl (C=O) groups is 1. The molecule has 1 heterocycles. The molecule has 3 rings (SSSR count). The largest absolute Gasteiger partial charge is 0.492 e. The van der Waals surface area contributed by atoms with E-state index in [4.69, 9.17) is 4.74 Å². The average Bonchev–Trinajstić information content (AvgIpc) is 2.92. The van der Waals surface area contributed by atoms with Gasteiger partial charge in [-0.3, -0.25) is 13.9 Å². The summed E-state index contributed by atoms with van der Waals surface area (Å²) in [5, 5.41) is 0. The van der Waals surface area contributed by atoms with Crippen molar-refractivity contribution in [1.29, 1.82) is 0 Å². The van der Waals surface area contributed by atoms with Crippen molar-refractivity contribution in [2.75, 3.05) is 20.2 Å². The highest BCUT2D eigenvalue weighted by molar-refractivity contribution is 5.80. The summed E-state index contributed by atoms with van der Waals surface area (Å²) in [7, 11) is 1.73. The number of aromatic nitrogens is 2. The number of amides is 1. The first-order valence-corrected chi connectivity index (χ1v) is 9.54. The summed E-state index contributed by atoms with van der Waals surface area (Å²) in [6.07, 6.45) is 0. The molecule has 0 aliphatic heterocycles. The third kappa shape index (κ3) is 4.11. The fourth-order valence-corrected chi connectivity index (χ4v) is 3.43. The smallest absolute Gasteiger partial charge is 0.329 e. The number of imidazole rings is 1. The van der Waals surface area contributed by atoms with E-state index in [1.165, 1.54) is 0 Å². The molecule has 0 saturated heterocycles. The Balaban J connectivity index is 1.65. The Morgan fingerprint density at radius 3 is 2.25 bits per heavy atom. The van der Waals surface area contributed by atoms with Gasteiger partial charge in [0.05, 0.1) is 17.6 Å². The van der Waals surface area contributed by atoms with Gasteiger partial charge in [0.25, 0.3) is 0 Å². The van der Waals surface area contributed by atoms with E-state index in [0.717, 1.165) is 27.9 Å².